The highest BCUT2D eigenvalue weighted by Crippen LogP contribution is 2.36. The van der Waals surface area contributed by atoms with Crippen molar-refractivity contribution < 1.29 is 25.0 Å². The first kappa shape index (κ1) is 21.4. The van der Waals surface area contributed by atoms with Crippen molar-refractivity contribution in [2.75, 3.05) is 20.7 Å². The van der Waals surface area contributed by atoms with Crippen molar-refractivity contribution in [2.45, 2.75) is 18.7 Å². The molecular weight excluding hydrogens is 362 g/mol. The Morgan fingerprint density at radius 3 is 2.50 bits per heavy atom. The molecule has 4 unspecified atom stereocenters. The van der Waals surface area contributed by atoms with Crippen molar-refractivity contribution in [1.29, 1.82) is 0 Å². The van der Waals surface area contributed by atoms with E-state index in [0.717, 1.165) is 11.3 Å². The number of aliphatic hydroxyl groups is 2. The van der Waals surface area contributed by atoms with Gasteiger partial charge >= 0.3 is 0 Å². The van der Waals surface area contributed by atoms with Crippen LogP contribution in [0.15, 0.2) is 24.3 Å². The molecule has 5 N–H and O–H groups in total. The molecule has 2 amide bonds. The fraction of sp³-hybridized carbons (Fsp3) is 0.400. The number of nitrogens with one attached hydrogen (secondary N) is 2. The molecule has 1 fully saturated rings. The minimum absolute atomic E-state index is 0.156. The second-order valence-electron chi connectivity index (χ2n) is 6.43. The molecule has 1 aliphatic rings. The van der Waals surface area contributed by atoms with E-state index in [9.17, 15) is 14.7 Å². The second kappa shape index (κ2) is 9.88. The van der Waals surface area contributed by atoms with Crippen LogP contribution in [0.4, 0.5) is 0 Å². The van der Waals surface area contributed by atoms with Gasteiger partial charge in [-0.1, -0.05) is 11.8 Å². The van der Waals surface area contributed by atoms with Crippen molar-refractivity contribution in [3.8, 4) is 23.7 Å². The van der Waals surface area contributed by atoms with Gasteiger partial charge in [-0.2, -0.15) is 5.48 Å². The van der Waals surface area contributed by atoms with Gasteiger partial charge in [0.05, 0.1) is 0 Å². The van der Waals surface area contributed by atoms with Crippen LogP contribution in [0.1, 0.15) is 22.3 Å². The molecule has 0 bridgehead atoms. The Balaban J connectivity index is 2.05. The van der Waals surface area contributed by atoms with Gasteiger partial charge in [0.2, 0.25) is 5.91 Å². The Labute approximate surface area is 163 Å². The first-order valence-corrected chi connectivity index (χ1v) is 8.71. The van der Waals surface area contributed by atoms with E-state index in [2.05, 4.69) is 29.0 Å². The maximum Gasteiger partial charge on any atom is 0.254 e. The highest BCUT2D eigenvalue weighted by atomic mass is 16.5. The zero-order chi connectivity index (χ0) is 20.7. The Morgan fingerprint density at radius 1 is 1.29 bits per heavy atom. The van der Waals surface area contributed by atoms with Gasteiger partial charge < -0.3 is 25.6 Å². The summed E-state index contributed by atoms with van der Waals surface area (Å²) in [6.07, 6.45) is -0.734. The molecule has 8 heteroatoms. The number of hydroxylamine groups is 1. The van der Waals surface area contributed by atoms with Crippen LogP contribution < -0.4 is 10.8 Å². The van der Waals surface area contributed by atoms with Crippen molar-refractivity contribution in [2.24, 2.45) is 11.8 Å². The van der Waals surface area contributed by atoms with Crippen LogP contribution >= 0.6 is 0 Å². The molecule has 148 valence electrons. The monoisotopic (exact) mass is 385 g/mol. The maximum absolute atomic E-state index is 12.6. The summed E-state index contributed by atoms with van der Waals surface area (Å²) in [5.74, 6) is 10.7. The smallest absolute Gasteiger partial charge is 0.254 e. The lowest BCUT2D eigenvalue weighted by Crippen LogP contribution is -2.57. The minimum atomic E-state index is -1.64. The van der Waals surface area contributed by atoms with E-state index in [1.54, 1.807) is 29.7 Å². The van der Waals surface area contributed by atoms with Gasteiger partial charge in [0.1, 0.15) is 0 Å². The van der Waals surface area contributed by atoms with Gasteiger partial charge in [-0.3, -0.25) is 9.59 Å². The number of hydrogen-bond donors (Lipinski definition) is 5. The molecule has 0 spiro atoms. The first-order chi connectivity index (χ1) is 13.4. The number of hydrogen-bond acceptors (Lipinski definition) is 6. The molecule has 0 aliphatic heterocycles. The predicted octanol–water partition coefficient (Wildman–Crippen LogP) is -0.846. The number of aliphatic hydroxyl groups excluding tert-OH is 2. The van der Waals surface area contributed by atoms with E-state index < -0.39 is 24.1 Å². The lowest BCUT2D eigenvalue weighted by atomic mass is 10.1. The van der Waals surface area contributed by atoms with Gasteiger partial charge in [0, 0.05) is 37.7 Å². The number of carbonyl (C=O) groups excluding carboxylic acids is 2. The predicted molar refractivity (Wildman–Crippen MR) is 101 cm³/mol. The number of nitrogens with zero attached hydrogens (tertiary/aromatic N) is 1. The Hall–Kier alpha value is -2.88. The lowest BCUT2D eigenvalue weighted by Gasteiger charge is -2.29. The number of amides is 2. The molecule has 2 rings (SSSR count). The Bertz CT molecular complexity index is 831. The molecule has 1 aliphatic carbocycles. The van der Waals surface area contributed by atoms with E-state index in [4.69, 9.17) is 10.3 Å². The van der Waals surface area contributed by atoms with Crippen molar-refractivity contribution >= 4 is 11.8 Å². The van der Waals surface area contributed by atoms with E-state index in [0.29, 0.717) is 11.1 Å². The summed E-state index contributed by atoms with van der Waals surface area (Å²) < 4.78 is 0. The van der Waals surface area contributed by atoms with E-state index >= 15 is 0 Å². The SMILES string of the molecule is CNC(=O)C(C(O)NO)N(C)C(=O)c1ccc(C#CC#CC2CC2CO)cc1. The number of carbonyl (C=O) groups is 2. The molecule has 0 aromatic heterocycles. The molecule has 1 aromatic carbocycles. The van der Waals surface area contributed by atoms with Gasteiger partial charge in [-0.25, -0.2) is 0 Å². The molecule has 28 heavy (non-hydrogen) atoms. The van der Waals surface area contributed by atoms with Crippen LogP contribution in [0, 0.1) is 35.5 Å². The van der Waals surface area contributed by atoms with E-state index in [1.165, 1.54) is 14.1 Å². The second-order valence-corrected chi connectivity index (χ2v) is 6.43. The average molecular weight is 385 g/mol. The standard InChI is InChI=1S/C20H23N3O5/c1-21-18(25)17(19(26)22-28)23(2)20(27)14-9-7-13(8-10-14)5-3-4-6-15-11-16(15)12-24/h7-10,15-17,19,22,24,26,28H,11-12H2,1-2H3,(H,21,25). The summed E-state index contributed by atoms with van der Waals surface area (Å²) in [6, 6.07) is 5.09. The third-order valence-electron chi connectivity index (χ3n) is 4.50. The van der Waals surface area contributed by atoms with Crippen LogP contribution in [0.5, 0.6) is 0 Å². The van der Waals surface area contributed by atoms with E-state index in [1.807, 2.05) is 0 Å². The topological polar surface area (TPSA) is 122 Å². The summed E-state index contributed by atoms with van der Waals surface area (Å²) in [4.78, 5) is 25.5. The summed E-state index contributed by atoms with van der Waals surface area (Å²) in [6.45, 7) is 0.156. The molecule has 1 saturated carbocycles. The maximum atomic E-state index is 12.6. The molecule has 8 nitrogen and oxygen atoms in total. The zero-order valence-corrected chi connectivity index (χ0v) is 15.6. The Kier molecular flexibility index (Phi) is 7.56. The third kappa shape index (κ3) is 5.32. The van der Waals surface area contributed by atoms with Gasteiger partial charge in [0.15, 0.2) is 12.3 Å². The van der Waals surface area contributed by atoms with Gasteiger partial charge in [-0.05, 0) is 48.4 Å². The van der Waals surface area contributed by atoms with Crippen LogP contribution in [0.2, 0.25) is 0 Å². The number of benzene rings is 1. The lowest BCUT2D eigenvalue weighted by molar-refractivity contribution is -0.133. The van der Waals surface area contributed by atoms with Gasteiger partial charge in [0.25, 0.3) is 5.91 Å². The quantitative estimate of drug-likeness (QED) is 0.247. The van der Waals surface area contributed by atoms with Crippen LogP contribution in [-0.4, -0.2) is 65.1 Å². The summed E-state index contributed by atoms with van der Waals surface area (Å²) >= 11 is 0. The number of rotatable bonds is 6. The summed E-state index contributed by atoms with van der Waals surface area (Å²) in [7, 11) is 2.71. The average Bonchev–Trinajstić information content (AvgIpc) is 3.49. The molecule has 0 radical (unpaired) electrons. The molecule has 1 aromatic rings. The van der Waals surface area contributed by atoms with Crippen molar-refractivity contribution in [3.63, 3.8) is 0 Å². The number of likely N-dealkylation sites (N-methyl/N-ethyl adjacent to an activating group) is 2. The molecule has 4 atom stereocenters. The summed E-state index contributed by atoms with van der Waals surface area (Å²) in [5, 5.41) is 30.0. The van der Waals surface area contributed by atoms with Crippen LogP contribution in [0.3, 0.4) is 0 Å². The molecule has 0 heterocycles. The van der Waals surface area contributed by atoms with Crippen molar-refractivity contribution in [1.82, 2.24) is 15.7 Å². The van der Waals surface area contributed by atoms with Gasteiger partial charge in [-0.15, -0.1) is 0 Å². The molecular formula is C20H23N3O5. The fourth-order valence-electron chi connectivity index (χ4n) is 2.63. The normalized spacial score (nSPS) is 19.2. The Morgan fingerprint density at radius 2 is 1.96 bits per heavy atom. The zero-order valence-electron chi connectivity index (χ0n) is 15.6. The third-order valence-corrected chi connectivity index (χ3v) is 4.50. The minimum Gasteiger partial charge on any atom is -0.396 e. The fourth-order valence-corrected chi connectivity index (χ4v) is 2.63. The highest BCUT2D eigenvalue weighted by Gasteiger charge is 2.34. The summed E-state index contributed by atoms with van der Waals surface area (Å²) in [5.41, 5.74) is 2.54. The highest BCUT2D eigenvalue weighted by molar-refractivity contribution is 5.97. The van der Waals surface area contributed by atoms with Crippen molar-refractivity contribution in [3.05, 3.63) is 35.4 Å². The first-order valence-electron chi connectivity index (χ1n) is 8.71. The van der Waals surface area contributed by atoms with Crippen LogP contribution in [0.25, 0.3) is 0 Å². The largest absolute Gasteiger partial charge is 0.396 e. The van der Waals surface area contributed by atoms with Crippen LogP contribution in [-0.2, 0) is 4.79 Å². The molecule has 0 saturated heterocycles. The van der Waals surface area contributed by atoms with E-state index in [-0.39, 0.29) is 18.4 Å².